The lowest BCUT2D eigenvalue weighted by Crippen LogP contribution is -2.15. The molecule has 0 aliphatic rings. The number of carbonyl (C=O) groups is 1. The smallest absolute Gasteiger partial charge is 0.234 e. The van der Waals surface area contributed by atoms with Gasteiger partial charge in [-0.1, -0.05) is 36.0 Å². The lowest BCUT2D eigenvalue weighted by molar-refractivity contribution is -0.113. The molecule has 1 heterocycles. The molecule has 9 heteroatoms. The van der Waals surface area contributed by atoms with Crippen LogP contribution in [0, 0.1) is 12.7 Å². The molecule has 3 aromatic rings. The Kier molecular flexibility index (Phi) is 7.66. The number of hydrogen-bond acceptors (Lipinski definition) is 6. The van der Waals surface area contributed by atoms with Crippen molar-refractivity contribution in [1.29, 1.82) is 0 Å². The molecule has 0 radical (unpaired) electrons. The number of thioether (sulfide) groups is 1. The fourth-order valence-corrected chi connectivity index (χ4v) is 3.53. The Morgan fingerprint density at radius 1 is 1.26 bits per heavy atom. The third kappa shape index (κ3) is 5.85. The molecule has 0 aliphatic heterocycles. The topological polar surface area (TPSA) is 78.3 Å². The first-order chi connectivity index (χ1) is 15.0. The molecule has 2 aromatic carbocycles. The van der Waals surface area contributed by atoms with E-state index in [1.807, 2.05) is 29.7 Å². The molecule has 1 amide bonds. The van der Waals surface area contributed by atoms with E-state index in [2.05, 4.69) is 22.1 Å². The number of rotatable bonds is 10. The summed E-state index contributed by atoms with van der Waals surface area (Å²) in [5, 5.41) is 11.4. The molecule has 0 unspecified atom stereocenters. The van der Waals surface area contributed by atoms with Crippen LogP contribution in [0.2, 0.25) is 0 Å². The van der Waals surface area contributed by atoms with Crippen LogP contribution in [0.1, 0.15) is 11.4 Å². The van der Waals surface area contributed by atoms with E-state index >= 15 is 0 Å². The molecule has 0 saturated heterocycles. The van der Waals surface area contributed by atoms with Crippen molar-refractivity contribution in [3.8, 4) is 11.5 Å². The normalized spacial score (nSPS) is 10.5. The van der Waals surface area contributed by atoms with Crippen LogP contribution in [0.15, 0.2) is 60.3 Å². The number of para-hydroxylation sites is 1. The Bertz CT molecular complexity index is 1070. The number of ether oxygens (including phenoxy) is 2. The highest BCUT2D eigenvalue weighted by molar-refractivity contribution is 7.99. The van der Waals surface area contributed by atoms with Crippen LogP contribution in [0.3, 0.4) is 0 Å². The van der Waals surface area contributed by atoms with Gasteiger partial charge in [0.25, 0.3) is 0 Å². The zero-order chi connectivity index (χ0) is 22.2. The van der Waals surface area contributed by atoms with Crippen molar-refractivity contribution in [3.63, 3.8) is 0 Å². The summed E-state index contributed by atoms with van der Waals surface area (Å²) >= 11 is 1.20. The number of methoxy groups -OCH3 is 1. The van der Waals surface area contributed by atoms with Gasteiger partial charge in [0.15, 0.2) is 22.5 Å². The number of amides is 1. The fourth-order valence-electron chi connectivity index (χ4n) is 2.76. The number of aryl methyl sites for hydroxylation is 1. The van der Waals surface area contributed by atoms with Gasteiger partial charge >= 0.3 is 0 Å². The summed E-state index contributed by atoms with van der Waals surface area (Å²) in [4.78, 5) is 12.2. The highest BCUT2D eigenvalue weighted by Crippen LogP contribution is 2.28. The molecule has 0 bridgehead atoms. The third-order valence-electron chi connectivity index (χ3n) is 4.26. The highest BCUT2D eigenvalue weighted by Gasteiger charge is 2.15. The van der Waals surface area contributed by atoms with Gasteiger partial charge in [-0.15, -0.1) is 16.8 Å². The fraction of sp³-hybridized carbons (Fsp3) is 0.227. The van der Waals surface area contributed by atoms with Gasteiger partial charge in [0.1, 0.15) is 12.4 Å². The van der Waals surface area contributed by atoms with E-state index in [4.69, 9.17) is 9.47 Å². The number of hydrogen-bond donors (Lipinski definition) is 1. The molecule has 1 aromatic heterocycles. The third-order valence-corrected chi connectivity index (χ3v) is 5.23. The van der Waals surface area contributed by atoms with Crippen LogP contribution in [-0.4, -0.2) is 33.5 Å². The summed E-state index contributed by atoms with van der Waals surface area (Å²) in [5.74, 6) is 1.04. The number of aromatic nitrogens is 3. The molecule has 0 spiro atoms. The van der Waals surface area contributed by atoms with Gasteiger partial charge in [-0.05, 0) is 36.8 Å². The number of anilines is 1. The molecule has 0 atom stereocenters. The molecule has 1 N–H and O–H groups in total. The Labute approximate surface area is 184 Å². The molecule has 3 rings (SSSR count). The van der Waals surface area contributed by atoms with Crippen LogP contribution < -0.4 is 14.8 Å². The van der Waals surface area contributed by atoms with E-state index < -0.39 is 5.82 Å². The van der Waals surface area contributed by atoms with Crippen molar-refractivity contribution in [2.45, 2.75) is 25.2 Å². The molecule has 7 nitrogen and oxygen atoms in total. The molecule has 0 saturated carbocycles. The van der Waals surface area contributed by atoms with E-state index in [1.165, 1.54) is 23.9 Å². The zero-order valence-electron chi connectivity index (χ0n) is 17.3. The first-order valence-corrected chi connectivity index (χ1v) is 10.5. The van der Waals surface area contributed by atoms with Crippen LogP contribution in [0.4, 0.5) is 10.1 Å². The van der Waals surface area contributed by atoms with E-state index in [0.29, 0.717) is 29.0 Å². The molecule has 162 valence electrons. The summed E-state index contributed by atoms with van der Waals surface area (Å²) in [6.07, 6.45) is 1.71. The molecule has 31 heavy (non-hydrogen) atoms. The van der Waals surface area contributed by atoms with E-state index in [9.17, 15) is 9.18 Å². The predicted octanol–water partition coefficient (Wildman–Crippen LogP) is 4.23. The molecule has 0 fully saturated rings. The Morgan fingerprint density at radius 3 is 2.81 bits per heavy atom. The maximum atomic E-state index is 13.7. The number of nitrogens with one attached hydrogen (secondary N) is 1. The number of halogens is 1. The molecular weight excluding hydrogens is 419 g/mol. The molecular formula is C22H23FN4O3S. The van der Waals surface area contributed by atoms with Crippen LogP contribution in [0.5, 0.6) is 11.5 Å². The van der Waals surface area contributed by atoms with Crippen molar-refractivity contribution in [2.24, 2.45) is 0 Å². The average molecular weight is 443 g/mol. The lowest BCUT2D eigenvalue weighted by Gasteiger charge is -2.12. The van der Waals surface area contributed by atoms with Crippen molar-refractivity contribution in [3.05, 3.63) is 72.3 Å². The lowest BCUT2D eigenvalue weighted by atomic mass is 10.2. The van der Waals surface area contributed by atoms with Gasteiger partial charge in [-0.25, -0.2) is 4.39 Å². The predicted molar refractivity (Wildman–Crippen MR) is 118 cm³/mol. The van der Waals surface area contributed by atoms with Gasteiger partial charge in [0.05, 0.1) is 18.6 Å². The number of allylic oxidation sites excluding steroid dienone is 1. The average Bonchev–Trinajstić information content (AvgIpc) is 3.14. The van der Waals surface area contributed by atoms with E-state index in [-0.39, 0.29) is 24.0 Å². The van der Waals surface area contributed by atoms with Crippen molar-refractivity contribution in [1.82, 2.24) is 14.8 Å². The summed E-state index contributed by atoms with van der Waals surface area (Å²) in [6.45, 7) is 6.36. The van der Waals surface area contributed by atoms with Gasteiger partial charge in [-0.3, -0.25) is 9.36 Å². The molecule has 0 aliphatic carbocycles. The first-order valence-electron chi connectivity index (χ1n) is 9.49. The van der Waals surface area contributed by atoms with Gasteiger partial charge in [0.2, 0.25) is 5.91 Å². The van der Waals surface area contributed by atoms with E-state index in [0.717, 1.165) is 5.56 Å². The number of carbonyl (C=O) groups excluding carboxylic acids is 1. The summed E-state index contributed by atoms with van der Waals surface area (Å²) < 4.78 is 26.7. The first kappa shape index (κ1) is 22.4. The minimum absolute atomic E-state index is 0.0518. The summed E-state index contributed by atoms with van der Waals surface area (Å²) in [6, 6.07) is 11.7. The number of benzene rings is 2. The standard InChI is InChI=1S/C22H23FN4O3S/c1-4-11-27-20(13-30-18-10-9-15(2)12-19(18)29-3)25-26-22(27)31-14-21(28)24-17-8-6-5-7-16(17)23/h4-10,12H,1,11,13-14H2,2-3H3,(H,24,28). The second kappa shape index (κ2) is 10.6. The van der Waals surface area contributed by atoms with Crippen molar-refractivity contribution >= 4 is 23.4 Å². The van der Waals surface area contributed by atoms with Crippen LogP contribution >= 0.6 is 11.8 Å². The summed E-state index contributed by atoms with van der Waals surface area (Å²) in [5.41, 5.74) is 1.20. The minimum atomic E-state index is -0.485. The maximum Gasteiger partial charge on any atom is 0.234 e. The Morgan fingerprint density at radius 2 is 2.06 bits per heavy atom. The Hall–Kier alpha value is -3.33. The number of nitrogens with zero attached hydrogens (tertiary/aromatic N) is 3. The quantitative estimate of drug-likeness (QED) is 0.374. The van der Waals surface area contributed by atoms with Crippen molar-refractivity contribution in [2.75, 3.05) is 18.2 Å². The SMILES string of the molecule is C=CCn1c(COc2ccc(C)cc2OC)nnc1SCC(=O)Nc1ccccc1F. The van der Waals surface area contributed by atoms with E-state index in [1.54, 1.807) is 25.3 Å². The monoisotopic (exact) mass is 442 g/mol. The second-order valence-corrected chi connectivity index (χ2v) is 7.50. The van der Waals surface area contributed by atoms with Gasteiger partial charge in [-0.2, -0.15) is 0 Å². The second-order valence-electron chi connectivity index (χ2n) is 6.56. The van der Waals surface area contributed by atoms with Crippen molar-refractivity contribution < 1.29 is 18.7 Å². The maximum absolute atomic E-state index is 13.7. The highest BCUT2D eigenvalue weighted by atomic mass is 32.2. The van der Waals surface area contributed by atoms with Gasteiger partial charge < -0.3 is 14.8 Å². The van der Waals surface area contributed by atoms with Crippen LogP contribution in [-0.2, 0) is 17.9 Å². The van der Waals surface area contributed by atoms with Gasteiger partial charge in [0, 0.05) is 6.54 Å². The van der Waals surface area contributed by atoms with Crippen LogP contribution in [0.25, 0.3) is 0 Å². The Balaban J connectivity index is 1.65. The largest absolute Gasteiger partial charge is 0.493 e. The zero-order valence-corrected chi connectivity index (χ0v) is 18.1. The summed E-state index contributed by atoms with van der Waals surface area (Å²) in [7, 11) is 1.59. The minimum Gasteiger partial charge on any atom is -0.493 e.